The number of β-amino-alcohol motifs (C(OH)–C–C–N with tert-alkyl or cyclic N) is 1. The number of benzene rings is 1. The molecule has 4 rings (SSSR count). The number of methoxy groups -OCH3 is 1. The van der Waals surface area contributed by atoms with Crippen molar-refractivity contribution in [2.45, 2.75) is 25.0 Å². The fourth-order valence-electron chi connectivity index (χ4n) is 4.40. The Balaban J connectivity index is 1.30. The van der Waals surface area contributed by atoms with Gasteiger partial charge in [-0.1, -0.05) is 0 Å². The van der Waals surface area contributed by atoms with Gasteiger partial charge in [0.25, 0.3) is 0 Å². The highest BCUT2D eigenvalue weighted by atomic mass is 19.1. The first-order valence-corrected chi connectivity index (χ1v) is 9.57. The molecule has 2 aromatic rings. The van der Waals surface area contributed by atoms with Crippen LogP contribution in [0.4, 0.5) is 4.39 Å². The zero-order valence-electron chi connectivity index (χ0n) is 15.8. The summed E-state index contributed by atoms with van der Waals surface area (Å²) in [5.74, 6) is 1.51. The summed E-state index contributed by atoms with van der Waals surface area (Å²) in [6.07, 6.45) is 2.42. The minimum atomic E-state index is -0.683. The maximum absolute atomic E-state index is 14.0. The van der Waals surface area contributed by atoms with Gasteiger partial charge in [-0.05, 0) is 48.9 Å². The van der Waals surface area contributed by atoms with Crippen molar-refractivity contribution >= 4 is 0 Å². The second-order valence-electron chi connectivity index (χ2n) is 7.70. The minimum absolute atomic E-state index is 0.00226. The quantitative estimate of drug-likeness (QED) is 0.793. The van der Waals surface area contributed by atoms with Gasteiger partial charge in [-0.25, -0.2) is 4.39 Å². The number of aromatic nitrogens is 1. The highest BCUT2D eigenvalue weighted by molar-refractivity contribution is 5.34. The zero-order chi connectivity index (χ0) is 19.7. The first-order chi connectivity index (χ1) is 13.5. The van der Waals surface area contributed by atoms with Gasteiger partial charge in [0.15, 0.2) is 11.6 Å². The first-order valence-electron chi connectivity index (χ1n) is 9.57. The maximum Gasteiger partial charge on any atom is 0.165 e. The Morgan fingerprint density at radius 2 is 1.96 bits per heavy atom. The van der Waals surface area contributed by atoms with Gasteiger partial charge < -0.3 is 19.7 Å². The molecule has 7 heteroatoms. The SMILES string of the molecule is COc1ccc(F)c(OC2C[C@@H]3CN(CC(O)c4ccc(O)cn4)C[C@@H]3C2)c1. The average Bonchev–Trinajstić information content (AvgIpc) is 3.21. The number of pyridine rings is 1. The molecule has 0 spiro atoms. The Labute approximate surface area is 163 Å². The van der Waals surface area contributed by atoms with Gasteiger partial charge in [-0.2, -0.15) is 0 Å². The van der Waals surface area contributed by atoms with E-state index < -0.39 is 6.10 Å². The van der Waals surface area contributed by atoms with E-state index in [0.29, 0.717) is 29.8 Å². The smallest absolute Gasteiger partial charge is 0.165 e. The van der Waals surface area contributed by atoms with E-state index in [-0.39, 0.29) is 23.4 Å². The van der Waals surface area contributed by atoms with Crippen molar-refractivity contribution in [3.05, 3.63) is 48.0 Å². The monoisotopic (exact) mass is 388 g/mol. The summed E-state index contributed by atoms with van der Waals surface area (Å²) in [6.45, 7) is 2.29. The predicted octanol–water partition coefficient (Wildman–Crippen LogP) is 2.76. The van der Waals surface area contributed by atoms with Crippen LogP contribution in [0.2, 0.25) is 0 Å². The number of rotatable bonds is 6. The molecule has 2 fully saturated rings. The van der Waals surface area contributed by atoms with Gasteiger partial charge >= 0.3 is 0 Å². The summed E-state index contributed by atoms with van der Waals surface area (Å²) in [6, 6.07) is 7.71. The molecular weight excluding hydrogens is 363 g/mol. The molecule has 6 nitrogen and oxygen atoms in total. The van der Waals surface area contributed by atoms with E-state index in [1.807, 2.05) is 0 Å². The molecule has 2 heterocycles. The summed E-state index contributed by atoms with van der Waals surface area (Å²) in [5, 5.41) is 19.7. The molecule has 2 aliphatic rings. The van der Waals surface area contributed by atoms with Crippen LogP contribution in [0.5, 0.6) is 17.2 Å². The number of halogens is 1. The Hall–Kier alpha value is -2.38. The normalized spacial score (nSPS) is 25.5. The second-order valence-corrected chi connectivity index (χ2v) is 7.70. The molecule has 1 aromatic carbocycles. The lowest BCUT2D eigenvalue weighted by molar-refractivity contribution is 0.112. The molecule has 150 valence electrons. The Kier molecular flexibility index (Phi) is 5.37. The highest BCUT2D eigenvalue weighted by Gasteiger charge is 2.42. The fraction of sp³-hybridized carbons (Fsp3) is 0.476. The number of aliphatic hydroxyl groups excluding tert-OH is 1. The molecule has 28 heavy (non-hydrogen) atoms. The number of aromatic hydroxyl groups is 1. The van der Waals surface area contributed by atoms with Crippen molar-refractivity contribution in [1.82, 2.24) is 9.88 Å². The second kappa shape index (κ2) is 7.93. The topological polar surface area (TPSA) is 75.1 Å². The average molecular weight is 388 g/mol. The minimum Gasteiger partial charge on any atom is -0.506 e. The van der Waals surface area contributed by atoms with Gasteiger partial charge in [-0.3, -0.25) is 9.88 Å². The van der Waals surface area contributed by atoms with Crippen LogP contribution in [0, 0.1) is 17.7 Å². The van der Waals surface area contributed by atoms with Crippen molar-refractivity contribution in [3.63, 3.8) is 0 Å². The third-order valence-electron chi connectivity index (χ3n) is 5.76. The molecule has 2 unspecified atom stereocenters. The lowest BCUT2D eigenvalue weighted by atomic mass is 10.0. The summed E-state index contributed by atoms with van der Waals surface area (Å²) in [5.41, 5.74) is 0.560. The lowest BCUT2D eigenvalue weighted by Crippen LogP contribution is -2.29. The summed E-state index contributed by atoms with van der Waals surface area (Å²) >= 11 is 0. The number of aliphatic hydroxyl groups is 1. The largest absolute Gasteiger partial charge is 0.506 e. The van der Waals surface area contributed by atoms with Gasteiger partial charge in [0.05, 0.1) is 25.1 Å². The number of hydrogen-bond acceptors (Lipinski definition) is 6. The van der Waals surface area contributed by atoms with E-state index in [1.54, 1.807) is 25.3 Å². The van der Waals surface area contributed by atoms with Crippen LogP contribution in [0.25, 0.3) is 0 Å². The van der Waals surface area contributed by atoms with E-state index in [0.717, 1.165) is 25.9 Å². The molecule has 1 saturated heterocycles. The molecule has 1 aliphatic carbocycles. The molecule has 0 radical (unpaired) electrons. The molecule has 0 amide bonds. The molecular formula is C21H25FN2O4. The van der Waals surface area contributed by atoms with Gasteiger partial charge in [-0.15, -0.1) is 0 Å². The van der Waals surface area contributed by atoms with E-state index >= 15 is 0 Å². The molecule has 1 aromatic heterocycles. The van der Waals surface area contributed by atoms with E-state index in [1.165, 1.54) is 18.3 Å². The van der Waals surface area contributed by atoms with Crippen LogP contribution in [-0.2, 0) is 0 Å². The van der Waals surface area contributed by atoms with Crippen molar-refractivity contribution < 1.29 is 24.1 Å². The molecule has 1 aliphatic heterocycles. The number of hydrogen-bond donors (Lipinski definition) is 2. The third-order valence-corrected chi connectivity index (χ3v) is 5.76. The summed E-state index contributed by atoms with van der Waals surface area (Å²) in [7, 11) is 1.55. The molecule has 1 saturated carbocycles. The number of ether oxygens (including phenoxy) is 2. The first kappa shape index (κ1) is 19.0. The van der Waals surface area contributed by atoms with Gasteiger partial charge in [0, 0.05) is 25.7 Å². The van der Waals surface area contributed by atoms with E-state index in [4.69, 9.17) is 9.47 Å². The Morgan fingerprint density at radius 3 is 2.61 bits per heavy atom. The maximum atomic E-state index is 14.0. The van der Waals surface area contributed by atoms with Crippen LogP contribution in [-0.4, -0.2) is 52.9 Å². The fourth-order valence-corrected chi connectivity index (χ4v) is 4.40. The van der Waals surface area contributed by atoms with E-state index in [9.17, 15) is 14.6 Å². The van der Waals surface area contributed by atoms with Crippen molar-refractivity contribution in [2.75, 3.05) is 26.7 Å². The Morgan fingerprint density at radius 1 is 1.21 bits per heavy atom. The molecule has 4 atom stereocenters. The third kappa shape index (κ3) is 4.05. The van der Waals surface area contributed by atoms with Crippen molar-refractivity contribution in [3.8, 4) is 17.2 Å². The van der Waals surface area contributed by atoms with Gasteiger partial charge in [0.2, 0.25) is 0 Å². The van der Waals surface area contributed by atoms with Crippen LogP contribution >= 0.6 is 0 Å². The van der Waals surface area contributed by atoms with Crippen molar-refractivity contribution in [2.24, 2.45) is 11.8 Å². The van der Waals surface area contributed by atoms with Crippen molar-refractivity contribution in [1.29, 1.82) is 0 Å². The number of fused-ring (bicyclic) bond motifs is 1. The summed E-state index contributed by atoms with van der Waals surface area (Å²) in [4.78, 5) is 6.33. The predicted molar refractivity (Wildman–Crippen MR) is 101 cm³/mol. The van der Waals surface area contributed by atoms with Crippen LogP contribution in [0.15, 0.2) is 36.5 Å². The van der Waals surface area contributed by atoms with Crippen LogP contribution < -0.4 is 9.47 Å². The Bertz CT molecular complexity index is 803. The highest BCUT2D eigenvalue weighted by Crippen LogP contribution is 2.40. The standard InChI is InChI=1S/C21H25FN2O4/c1-27-16-3-4-18(22)21(8-16)28-17-6-13-10-24(11-14(13)7-17)12-20(26)19-5-2-15(25)9-23-19/h2-5,8-9,13-14,17,20,25-26H,6-7,10-12H2,1H3/t13-,14+,17?,20?. The molecule has 0 bridgehead atoms. The number of nitrogens with zero attached hydrogens (tertiary/aromatic N) is 2. The van der Waals surface area contributed by atoms with E-state index in [2.05, 4.69) is 9.88 Å². The van der Waals surface area contributed by atoms with Crippen LogP contribution in [0.3, 0.4) is 0 Å². The van der Waals surface area contributed by atoms with Crippen LogP contribution in [0.1, 0.15) is 24.6 Å². The summed E-state index contributed by atoms with van der Waals surface area (Å²) < 4.78 is 25.1. The zero-order valence-corrected chi connectivity index (χ0v) is 15.8. The van der Waals surface area contributed by atoms with Gasteiger partial charge in [0.1, 0.15) is 17.6 Å². The molecule has 2 N–H and O–H groups in total. The lowest BCUT2D eigenvalue weighted by Gasteiger charge is -2.22. The number of likely N-dealkylation sites (tertiary alicyclic amines) is 1.